The number of hydrogen-bond donors (Lipinski definition) is 1. The fraction of sp³-hybridized carbons (Fsp3) is 0.615. The van der Waals surface area contributed by atoms with Gasteiger partial charge in [0.2, 0.25) is 0 Å². The maximum Gasteiger partial charge on any atom is 0.297 e. The van der Waals surface area contributed by atoms with E-state index in [1.165, 1.54) is 0 Å². The van der Waals surface area contributed by atoms with Gasteiger partial charge in [-0.25, -0.2) is 0 Å². The van der Waals surface area contributed by atoms with Crippen molar-refractivity contribution in [3.05, 3.63) is 24.6 Å². The van der Waals surface area contributed by atoms with E-state index in [0.29, 0.717) is 18.1 Å². The molecule has 1 aromatic heterocycles. The van der Waals surface area contributed by atoms with Crippen LogP contribution in [0.2, 0.25) is 0 Å². The lowest BCUT2D eigenvalue weighted by molar-refractivity contribution is 0.519. The highest BCUT2D eigenvalue weighted by Gasteiger charge is 2.14. The maximum absolute atomic E-state index is 5.50. The molecule has 0 aliphatic heterocycles. The van der Waals surface area contributed by atoms with Crippen LogP contribution < -0.4 is 10.2 Å². The molecule has 4 heteroatoms. The summed E-state index contributed by atoms with van der Waals surface area (Å²) in [4.78, 5) is 6.55. The Morgan fingerprint density at radius 3 is 2.71 bits per heavy atom. The van der Waals surface area contributed by atoms with Crippen molar-refractivity contribution in [2.75, 3.05) is 11.4 Å². The molecular formula is C13H23N3O. The minimum Gasteiger partial charge on any atom is -0.432 e. The molecule has 0 aromatic carbocycles. The number of aromatic nitrogens is 1. The molecule has 0 aliphatic rings. The molecule has 0 atom stereocenters. The van der Waals surface area contributed by atoms with Crippen molar-refractivity contribution in [3.63, 3.8) is 0 Å². The first-order valence-corrected chi connectivity index (χ1v) is 6.10. The lowest BCUT2D eigenvalue weighted by atomic mass is 10.3. The van der Waals surface area contributed by atoms with Crippen LogP contribution >= 0.6 is 0 Å². The van der Waals surface area contributed by atoms with Gasteiger partial charge in [0, 0.05) is 25.2 Å². The van der Waals surface area contributed by atoms with Gasteiger partial charge in [-0.15, -0.1) is 6.58 Å². The van der Waals surface area contributed by atoms with Crippen LogP contribution in [0.5, 0.6) is 0 Å². The SMILES string of the molecule is C=CCN(c1nc(CNC(C)C)co1)C(C)C. The molecule has 0 radical (unpaired) electrons. The summed E-state index contributed by atoms with van der Waals surface area (Å²) < 4.78 is 5.50. The van der Waals surface area contributed by atoms with Gasteiger partial charge in [0.15, 0.2) is 0 Å². The summed E-state index contributed by atoms with van der Waals surface area (Å²) in [5.74, 6) is 0. The maximum atomic E-state index is 5.50. The van der Waals surface area contributed by atoms with Crippen LogP contribution in [0.4, 0.5) is 6.01 Å². The molecule has 1 rings (SSSR count). The van der Waals surface area contributed by atoms with E-state index in [0.717, 1.165) is 18.8 Å². The first-order chi connectivity index (χ1) is 8.04. The smallest absolute Gasteiger partial charge is 0.297 e. The quantitative estimate of drug-likeness (QED) is 0.740. The Hall–Kier alpha value is -1.29. The Labute approximate surface area is 104 Å². The Kier molecular flexibility index (Phi) is 5.22. The van der Waals surface area contributed by atoms with Gasteiger partial charge in [-0.2, -0.15) is 4.98 Å². The van der Waals surface area contributed by atoms with Crippen LogP contribution in [0.1, 0.15) is 33.4 Å². The van der Waals surface area contributed by atoms with Gasteiger partial charge < -0.3 is 14.6 Å². The lowest BCUT2D eigenvalue weighted by Gasteiger charge is -2.22. The van der Waals surface area contributed by atoms with E-state index < -0.39 is 0 Å². The van der Waals surface area contributed by atoms with E-state index in [9.17, 15) is 0 Å². The van der Waals surface area contributed by atoms with Crippen LogP contribution in [-0.4, -0.2) is 23.6 Å². The zero-order chi connectivity index (χ0) is 12.8. The molecule has 1 aromatic rings. The largest absolute Gasteiger partial charge is 0.432 e. The number of nitrogens with zero attached hydrogens (tertiary/aromatic N) is 2. The molecule has 96 valence electrons. The Morgan fingerprint density at radius 2 is 2.18 bits per heavy atom. The van der Waals surface area contributed by atoms with E-state index in [1.54, 1.807) is 6.26 Å². The Bertz CT molecular complexity index is 344. The highest BCUT2D eigenvalue weighted by atomic mass is 16.4. The fourth-order valence-corrected chi connectivity index (χ4v) is 1.47. The topological polar surface area (TPSA) is 41.3 Å². The molecule has 17 heavy (non-hydrogen) atoms. The normalized spacial score (nSPS) is 11.2. The third kappa shape index (κ3) is 4.23. The number of oxazole rings is 1. The van der Waals surface area contributed by atoms with Gasteiger partial charge in [-0.1, -0.05) is 19.9 Å². The zero-order valence-electron chi connectivity index (χ0n) is 11.2. The minimum absolute atomic E-state index is 0.345. The van der Waals surface area contributed by atoms with Crippen molar-refractivity contribution in [2.45, 2.75) is 46.3 Å². The highest BCUT2D eigenvalue weighted by molar-refractivity contribution is 5.29. The van der Waals surface area contributed by atoms with Gasteiger partial charge in [-0.3, -0.25) is 0 Å². The summed E-state index contributed by atoms with van der Waals surface area (Å²) in [6.45, 7) is 13.7. The first-order valence-electron chi connectivity index (χ1n) is 6.10. The molecule has 0 saturated carbocycles. The fourth-order valence-electron chi connectivity index (χ4n) is 1.47. The van der Waals surface area contributed by atoms with Crippen LogP contribution in [0.15, 0.2) is 23.3 Å². The second kappa shape index (κ2) is 6.45. The van der Waals surface area contributed by atoms with Crippen LogP contribution in [-0.2, 0) is 6.54 Å². The van der Waals surface area contributed by atoms with E-state index in [4.69, 9.17) is 4.42 Å². The van der Waals surface area contributed by atoms with Gasteiger partial charge in [0.1, 0.15) is 6.26 Å². The molecule has 1 N–H and O–H groups in total. The average Bonchev–Trinajstić information content (AvgIpc) is 2.71. The second-order valence-corrected chi connectivity index (χ2v) is 4.69. The predicted molar refractivity (Wildman–Crippen MR) is 71.2 cm³/mol. The van der Waals surface area contributed by atoms with Crippen molar-refractivity contribution in [1.82, 2.24) is 10.3 Å². The van der Waals surface area contributed by atoms with E-state index >= 15 is 0 Å². The van der Waals surface area contributed by atoms with Gasteiger partial charge in [0.25, 0.3) is 6.01 Å². The number of rotatable bonds is 7. The van der Waals surface area contributed by atoms with E-state index in [1.807, 2.05) is 6.08 Å². The third-order valence-electron chi connectivity index (χ3n) is 2.43. The second-order valence-electron chi connectivity index (χ2n) is 4.69. The average molecular weight is 237 g/mol. The summed E-state index contributed by atoms with van der Waals surface area (Å²) in [6, 6.07) is 1.46. The number of hydrogen-bond acceptors (Lipinski definition) is 4. The van der Waals surface area contributed by atoms with Crippen molar-refractivity contribution in [2.24, 2.45) is 0 Å². The van der Waals surface area contributed by atoms with Gasteiger partial charge >= 0.3 is 0 Å². The van der Waals surface area contributed by atoms with Crippen molar-refractivity contribution in [3.8, 4) is 0 Å². The first kappa shape index (κ1) is 13.8. The van der Waals surface area contributed by atoms with Gasteiger partial charge in [-0.05, 0) is 13.8 Å². The summed E-state index contributed by atoms with van der Waals surface area (Å²) >= 11 is 0. The Morgan fingerprint density at radius 1 is 1.47 bits per heavy atom. The van der Waals surface area contributed by atoms with Gasteiger partial charge in [0.05, 0.1) is 5.69 Å². The molecule has 0 spiro atoms. The molecule has 0 aliphatic carbocycles. The minimum atomic E-state index is 0.345. The molecule has 0 fully saturated rings. The van der Waals surface area contributed by atoms with E-state index in [2.05, 4.69) is 49.5 Å². The molecule has 0 bridgehead atoms. The molecule has 1 heterocycles. The zero-order valence-corrected chi connectivity index (χ0v) is 11.2. The van der Waals surface area contributed by atoms with Crippen molar-refractivity contribution < 1.29 is 4.42 Å². The van der Waals surface area contributed by atoms with E-state index in [-0.39, 0.29) is 0 Å². The molecular weight excluding hydrogens is 214 g/mol. The standard InChI is InChI=1S/C13H23N3O/c1-6-7-16(11(4)5)13-15-12(9-17-13)8-14-10(2)3/h6,9-11,14H,1,7-8H2,2-5H3. The van der Waals surface area contributed by atoms with Crippen LogP contribution in [0.25, 0.3) is 0 Å². The molecule has 0 amide bonds. The molecule has 0 saturated heterocycles. The summed E-state index contributed by atoms with van der Waals surface area (Å²) in [6.07, 6.45) is 3.57. The number of anilines is 1. The monoisotopic (exact) mass is 237 g/mol. The number of nitrogens with one attached hydrogen (secondary N) is 1. The van der Waals surface area contributed by atoms with Crippen molar-refractivity contribution >= 4 is 6.01 Å². The predicted octanol–water partition coefficient (Wildman–Crippen LogP) is 2.57. The summed E-state index contributed by atoms with van der Waals surface area (Å²) in [5, 5.41) is 3.31. The molecule has 0 unspecified atom stereocenters. The van der Waals surface area contributed by atoms with Crippen LogP contribution in [0.3, 0.4) is 0 Å². The Balaban J connectivity index is 2.67. The van der Waals surface area contributed by atoms with Crippen LogP contribution in [0, 0.1) is 0 Å². The third-order valence-corrected chi connectivity index (χ3v) is 2.43. The van der Waals surface area contributed by atoms with Crippen molar-refractivity contribution in [1.29, 1.82) is 0 Å². The highest BCUT2D eigenvalue weighted by Crippen LogP contribution is 2.16. The summed E-state index contributed by atoms with van der Waals surface area (Å²) in [7, 11) is 0. The summed E-state index contributed by atoms with van der Waals surface area (Å²) in [5.41, 5.74) is 0.934. The molecule has 4 nitrogen and oxygen atoms in total. The lowest BCUT2D eigenvalue weighted by Crippen LogP contribution is -2.31.